The topological polar surface area (TPSA) is 72.3 Å². The standard InChI is InChI=1S/C25H19BrF3N3O3S/c26-19-4-1-16(2-5-19)21(33)7-6-20-15-36-24(30-20)17-9-11-31(12-10-17)23(35)14-32-13-18(25(27,28)29)3-8-22(32)34/h1-5,8,13,15,17H,9-12,14H2. The molecule has 4 rings (SSSR count). The van der Waals surface area contributed by atoms with Crippen molar-refractivity contribution in [2.24, 2.45) is 0 Å². The van der Waals surface area contributed by atoms with Crippen LogP contribution in [0.4, 0.5) is 13.2 Å². The van der Waals surface area contributed by atoms with Gasteiger partial charge in [-0.3, -0.25) is 14.4 Å². The Kier molecular flexibility index (Phi) is 7.76. The van der Waals surface area contributed by atoms with E-state index in [9.17, 15) is 27.6 Å². The second kappa shape index (κ2) is 10.8. The molecule has 1 fully saturated rings. The average molecular weight is 578 g/mol. The van der Waals surface area contributed by atoms with Gasteiger partial charge in [-0.25, -0.2) is 4.98 Å². The lowest BCUT2D eigenvalue weighted by molar-refractivity contribution is -0.139. The highest BCUT2D eigenvalue weighted by Crippen LogP contribution is 2.31. The monoisotopic (exact) mass is 577 g/mol. The Morgan fingerprint density at radius 3 is 2.47 bits per heavy atom. The molecule has 2 aromatic heterocycles. The van der Waals surface area contributed by atoms with Crippen LogP contribution in [0.3, 0.4) is 0 Å². The summed E-state index contributed by atoms with van der Waals surface area (Å²) < 4.78 is 40.5. The fourth-order valence-electron chi connectivity index (χ4n) is 3.77. The number of pyridine rings is 1. The Labute approximate surface area is 216 Å². The minimum Gasteiger partial charge on any atom is -0.341 e. The molecule has 1 aliphatic heterocycles. The van der Waals surface area contributed by atoms with E-state index in [1.807, 2.05) is 0 Å². The summed E-state index contributed by atoms with van der Waals surface area (Å²) in [6, 6.07) is 8.43. The molecule has 11 heteroatoms. The number of carbonyl (C=O) groups is 2. The van der Waals surface area contributed by atoms with E-state index in [0.717, 1.165) is 20.1 Å². The van der Waals surface area contributed by atoms with Crippen LogP contribution in [-0.2, 0) is 17.5 Å². The number of Topliss-reactive ketones (excluding diaryl/α,β-unsaturated/α-hetero) is 1. The summed E-state index contributed by atoms with van der Waals surface area (Å²) in [4.78, 5) is 42.9. The molecule has 0 bridgehead atoms. The van der Waals surface area contributed by atoms with Gasteiger partial charge in [-0.2, -0.15) is 13.2 Å². The summed E-state index contributed by atoms with van der Waals surface area (Å²) in [5.41, 5.74) is -0.649. The third-order valence-corrected chi connectivity index (χ3v) is 7.28. The van der Waals surface area contributed by atoms with E-state index in [1.54, 1.807) is 34.5 Å². The van der Waals surface area contributed by atoms with Crippen molar-refractivity contribution in [3.8, 4) is 11.8 Å². The molecule has 0 aliphatic carbocycles. The zero-order valence-electron chi connectivity index (χ0n) is 18.7. The number of ketones is 1. The number of aromatic nitrogens is 2. The second-order valence-corrected chi connectivity index (χ2v) is 10.00. The summed E-state index contributed by atoms with van der Waals surface area (Å²) in [6.07, 6.45) is -2.67. The van der Waals surface area contributed by atoms with E-state index in [0.29, 0.717) is 49.5 Å². The van der Waals surface area contributed by atoms with Crippen molar-refractivity contribution in [2.75, 3.05) is 13.1 Å². The highest BCUT2D eigenvalue weighted by Gasteiger charge is 2.31. The van der Waals surface area contributed by atoms with Crippen LogP contribution in [-0.4, -0.2) is 39.2 Å². The number of piperidine rings is 1. The van der Waals surface area contributed by atoms with Gasteiger partial charge in [0.2, 0.25) is 11.7 Å². The lowest BCUT2D eigenvalue weighted by atomic mass is 9.97. The quantitative estimate of drug-likeness (QED) is 0.332. The number of hydrogen-bond acceptors (Lipinski definition) is 5. The normalized spacial score (nSPS) is 14.3. The number of nitrogens with zero attached hydrogens (tertiary/aromatic N) is 3. The molecule has 6 nitrogen and oxygen atoms in total. The summed E-state index contributed by atoms with van der Waals surface area (Å²) in [6.45, 7) is 0.358. The molecule has 0 saturated carbocycles. The van der Waals surface area contributed by atoms with Crippen molar-refractivity contribution < 1.29 is 22.8 Å². The average Bonchev–Trinajstić information content (AvgIpc) is 3.33. The smallest absolute Gasteiger partial charge is 0.341 e. The van der Waals surface area contributed by atoms with Gasteiger partial charge in [-0.1, -0.05) is 15.9 Å². The number of rotatable bonds is 4. The number of benzene rings is 1. The molecule has 0 radical (unpaired) electrons. The second-order valence-electron chi connectivity index (χ2n) is 8.19. The molecule has 1 aromatic carbocycles. The summed E-state index contributed by atoms with van der Waals surface area (Å²) in [5, 5.41) is 2.64. The molecular weight excluding hydrogens is 559 g/mol. The third-order valence-electron chi connectivity index (χ3n) is 5.75. The van der Waals surface area contributed by atoms with Crippen molar-refractivity contribution in [1.82, 2.24) is 14.5 Å². The molecular formula is C25H19BrF3N3O3S. The summed E-state index contributed by atoms with van der Waals surface area (Å²) in [5.74, 6) is 4.80. The number of halogens is 4. The van der Waals surface area contributed by atoms with Crippen molar-refractivity contribution >= 4 is 39.0 Å². The largest absolute Gasteiger partial charge is 0.417 e. The molecule has 0 unspecified atom stereocenters. The van der Waals surface area contributed by atoms with Crippen molar-refractivity contribution in [1.29, 1.82) is 0 Å². The first-order chi connectivity index (χ1) is 17.1. The number of likely N-dealkylation sites (tertiary alicyclic amines) is 1. The van der Waals surface area contributed by atoms with Crippen LogP contribution in [0.25, 0.3) is 0 Å². The number of amides is 1. The maximum Gasteiger partial charge on any atom is 0.417 e. The van der Waals surface area contributed by atoms with Crippen LogP contribution in [0.15, 0.2) is 57.2 Å². The Morgan fingerprint density at radius 2 is 1.81 bits per heavy atom. The van der Waals surface area contributed by atoms with Gasteiger partial charge in [0.15, 0.2) is 0 Å². The van der Waals surface area contributed by atoms with Crippen molar-refractivity contribution in [3.05, 3.63) is 84.6 Å². The number of carbonyl (C=O) groups excluding carboxylic acids is 2. The number of thiazole rings is 1. The van der Waals surface area contributed by atoms with Gasteiger partial charge in [0.1, 0.15) is 12.2 Å². The van der Waals surface area contributed by atoms with Crippen molar-refractivity contribution in [2.45, 2.75) is 31.5 Å². The van der Waals surface area contributed by atoms with Crippen LogP contribution in [0, 0.1) is 11.8 Å². The molecule has 36 heavy (non-hydrogen) atoms. The number of alkyl halides is 3. The van der Waals surface area contributed by atoms with Gasteiger partial charge in [-0.05, 0) is 55.0 Å². The molecule has 0 spiro atoms. The van der Waals surface area contributed by atoms with E-state index < -0.39 is 29.8 Å². The van der Waals surface area contributed by atoms with Gasteiger partial charge < -0.3 is 9.47 Å². The van der Waals surface area contributed by atoms with E-state index in [4.69, 9.17) is 0 Å². The third kappa shape index (κ3) is 6.30. The first-order valence-corrected chi connectivity index (χ1v) is 12.6. The molecule has 3 aromatic rings. The molecule has 0 atom stereocenters. The Morgan fingerprint density at radius 1 is 1.11 bits per heavy atom. The summed E-state index contributed by atoms with van der Waals surface area (Å²) in [7, 11) is 0. The molecule has 1 amide bonds. The minimum absolute atomic E-state index is 0.105. The Balaban J connectivity index is 1.34. The number of hydrogen-bond donors (Lipinski definition) is 0. The van der Waals surface area contributed by atoms with E-state index >= 15 is 0 Å². The zero-order valence-corrected chi connectivity index (χ0v) is 21.1. The fraction of sp³-hybridized carbons (Fsp3) is 0.280. The lowest BCUT2D eigenvalue weighted by Gasteiger charge is -2.31. The van der Waals surface area contributed by atoms with Gasteiger partial charge in [0.25, 0.3) is 5.56 Å². The maximum atomic E-state index is 12.9. The fourth-order valence-corrected chi connectivity index (χ4v) is 4.96. The van der Waals surface area contributed by atoms with E-state index in [1.165, 1.54) is 11.3 Å². The molecule has 0 N–H and O–H groups in total. The van der Waals surface area contributed by atoms with Crippen LogP contribution in [0.5, 0.6) is 0 Å². The van der Waals surface area contributed by atoms with E-state index in [-0.39, 0.29) is 11.7 Å². The Hall–Kier alpha value is -3.23. The SMILES string of the molecule is O=C(C#Cc1csc(C2CCN(C(=O)Cn3cc(C(F)(F)F)ccc3=O)CC2)n1)c1ccc(Br)cc1. The molecule has 3 heterocycles. The predicted molar refractivity (Wildman–Crippen MR) is 132 cm³/mol. The lowest BCUT2D eigenvalue weighted by Crippen LogP contribution is -2.41. The van der Waals surface area contributed by atoms with Crippen LogP contribution < -0.4 is 5.56 Å². The molecule has 1 aliphatic rings. The molecule has 1 saturated heterocycles. The van der Waals surface area contributed by atoms with Gasteiger partial charge in [0, 0.05) is 46.7 Å². The van der Waals surface area contributed by atoms with Crippen LogP contribution >= 0.6 is 27.3 Å². The van der Waals surface area contributed by atoms with Crippen molar-refractivity contribution in [3.63, 3.8) is 0 Å². The van der Waals surface area contributed by atoms with Crippen LogP contribution in [0.2, 0.25) is 0 Å². The summed E-state index contributed by atoms with van der Waals surface area (Å²) >= 11 is 4.76. The maximum absolute atomic E-state index is 12.9. The molecule has 186 valence electrons. The highest BCUT2D eigenvalue weighted by atomic mass is 79.9. The van der Waals surface area contributed by atoms with E-state index in [2.05, 4.69) is 32.8 Å². The van der Waals surface area contributed by atoms with Gasteiger partial charge >= 0.3 is 6.18 Å². The van der Waals surface area contributed by atoms with Gasteiger partial charge in [0.05, 0.1) is 10.6 Å². The van der Waals surface area contributed by atoms with Gasteiger partial charge in [-0.15, -0.1) is 11.3 Å². The zero-order chi connectivity index (χ0) is 25.9. The predicted octanol–water partition coefficient (Wildman–Crippen LogP) is 4.73. The minimum atomic E-state index is -4.60. The van der Waals surface area contributed by atoms with Crippen LogP contribution in [0.1, 0.15) is 45.4 Å². The first kappa shape index (κ1) is 25.9. The first-order valence-electron chi connectivity index (χ1n) is 10.9. The Bertz CT molecular complexity index is 1400. The highest BCUT2D eigenvalue weighted by molar-refractivity contribution is 9.10.